The Bertz CT molecular complexity index is 553. The number of pyridine rings is 1. The van der Waals surface area contributed by atoms with Crippen molar-refractivity contribution in [1.82, 2.24) is 20.1 Å². The first-order valence-corrected chi connectivity index (χ1v) is 8.73. The molecular weight excluding hydrogens is 320 g/mol. The van der Waals surface area contributed by atoms with Gasteiger partial charge >= 0.3 is 0 Å². The molecule has 1 atom stereocenters. The van der Waals surface area contributed by atoms with Crippen molar-refractivity contribution in [3.8, 4) is 0 Å². The van der Waals surface area contributed by atoms with Gasteiger partial charge in [-0.3, -0.25) is 14.6 Å². The van der Waals surface area contributed by atoms with Gasteiger partial charge in [0.25, 0.3) is 0 Å². The zero-order chi connectivity index (χ0) is 18.1. The Balaban J connectivity index is 1.68. The largest absolute Gasteiger partial charge is 0.383 e. The summed E-state index contributed by atoms with van der Waals surface area (Å²) in [5.41, 5.74) is 0.904. The molecule has 0 bridgehead atoms. The fourth-order valence-electron chi connectivity index (χ4n) is 2.82. The topological polar surface area (TPSA) is 74.8 Å². The van der Waals surface area contributed by atoms with Gasteiger partial charge < -0.3 is 19.9 Å². The van der Waals surface area contributed by atoms with Crippen molar-refractivity contribution in [3.63, 3.8) is 0 Å². The molecule has 1 aromatic rings. The van der Waals surface area contributed by atoms with Crippen LogP contribution < -0.4 is 5.32 Å². The van der Waals surface area contributed by atoms with Gasteiger partial charge in [-0.15, -0.1) is 0 Å². The third kappa shape index (κ3) is 6.80. The van der Waals surface area contributed by atoms with Crippen molar-refractivity contribution in [2.75, 3.05) is 46.9 Å². The van der Waals surface area contributed by atoms with Crippen LogP contribution in [0.2, 0.25) is 0 Å². The zero-order valence-electron chi connectivity index (χ0n) is 15.1. The van der Waals surface area contributed by atoms with Crippen LogP contribution in [0.5, 0.6) is 0 Å². The van der Waals surface area contributed by atoms with Gasteiger partial charge in [0.15, 0.2) is 0 Å². The molecule has 0 aliphatic carbocycles. The lowest BCUT2D eigenvalue weighted by atomic mass is 10.2. The summed E-state index contributed by atoms with van der Waals surface area (Å²) < 4.78 is 5.05. The molecule has 1 N–H and O–H groups in total. The van der Waals surface area contributed by atoms with E-state index in [0.717, 1.165) is 18.8 Å². The van der Waals surface area contributed by atoms with Gasteiger partial charge in [-0.1, -0.05) is 6.07 Å². The first-order chi connectivity index (χ1) is 12.1. The van der Waals surface area contributed by atoms with Crippen molar-refractivity contribution in [2.45, 2.75) is 25.3 Å². The highest BCUT2D eigenvalue weighted by molar-refractivity contribution is 5.82. The molecule has 7 nitrogen and oxygen atoms in total. The quantitative estimate of drug-likeness (QED) is 0.659. The summed E-state index contributed by atoms with van der Waals surface area (Å²) in [5.74, 6) is 0.0812. The average Bonchev–Trinajstić information content (AvgIpc) is 2.96. The summed E-state index contributed by atoms with van der Waals surface area (Å²) >= 11 is 0. The lowest BCUT2D eigenvalue weighted by Gasteiger charge is -2.22. The number of likely N-dealkylation sites (tertiary alicyclic amines) is 1. The van der Waals surface area contributed by atoms with Gasteiger partial charge in [-0.2, -0.15) is 0 Å². The highest BCUT2D eigenvalue weighted by Gasteiger charge is 2.30. The van der Waals surface area contributed by atoms with Gasteiger partial charge in [-0.25, -0.2) is 0 Å². The number of aromatic nitrogens is 1. The number of aryl methyl sites for hydroxylation is 1. The van der Waals surface area contributed by atoms with E-state index in [9.17, 15) is 9.59 Å². The fourth-order valence-corrected chi connectivity index (χ4v) is 2.82. The summed E-state index contributed by atoms with van der Waals surface area (Å²) in [6, 6.07) is 5.59. The SMILES string of the molecule is COCCN(C)CCN1CC(NC(=O)CCc2ccccn2)CC1=O. The van der Waals surface area contributed by atoms with E-state index in [1.807, 2.05) is 30.1 Å². The van der Waals surface area contributed by atoms with Crippen LogP contribution in [-0.4, -0.2) is 79.6 Å². The van der Waals surface area contributed by atoms with Gasteiger partial charge in [0, 0.05) is 58.0 Å². The molecule has 1 unspecified atom stereocenters. The highest BCUT2D eigenvalue weighted by Crippen LogP contribution is 2.11. The summed E-state index contributed by atoms with van der Waals surface area (Å²) in [4.78, 5) is 32.3. The molecule has 1 fully saturated rings. The third-order valence-electron chi connectivity index (χ3n) is 4.34. The van der Waals surface area contributed by atoms with E-state index in [0.29, 0.717) is 39.0 Å². The molecule has 0 saturated carbocycles. The van der Waals surface area contributed by atoms with Crippen molar-refractivity contribution >= 4 is 11.8 Å². The van der Waals surface area contributed by atoms with E-state index in [2.05, 4.69) is 15.2 Å². The fraction of sp³-hybridized carbons (Fsp3) is 0.611. The first-order valence-electron chi connectivity index (χ1n) is 8.73. The van der Waals surface area contributed by atoms with Crippen molar-refractivity contribution in [2.24, 2.45) is 0 Å². The van der Waals surface area contributed by atoms with Crippen molar-refractivity contribution in [1.29, 1.82) is 0 Å². The van der Waals surface area contributed by atoms with E-state index >= 15 is 0 Å². The second-order valence-electron chi connectivity index (χ2n) is 6.43. The van der Waals surface area contributed by atoms with E-state index in [-0.39, 0.29) is 17.9 Å². The van der Waals surface area contributed by atoms with Crippen LogP contribution in [0.1, 0.15) is 18.5 Å². The molecule has 1 aliphatic rings. The molecule has 1 saturated heterocycles. The van der Waals surface area contributed by atoms with Gasteiger partial charge in [0.1, 0.15) is 0 Å². The van der Waals surface area contributed by atoms with Crippen LogP contribution in [0.3, 0.4) is 0 Å². The number of nitrogens with zero attached hydrogens (tertiary/aromatic N) is 3. The summed E-state index contributed by atoms with van der Waals surface area (Å²) in [7, 11) is 3.69. The number of hydrogen-bond donors (Lipinski definition) is 1. The Kier molecular flexibility index (Phi) is 7.81. The van der Waals surface area contributed by atoms with Crippen LogP contribution in [0.4, 0.5) is 0 Å². The minimum Gasteiger partial charge on any atom is -0.383 e. The smallest absolute Gasteiger partial charge is 0.224 e. The Hall–Kier alpha value is -1.99. The monoisotopic (exact) mass is 348 g/mol. The minimum atomic E-state index is -0.0898. The van der Waals surface area contributed by atoms with Gasteiger partial charge in [0.05, 0.1) is 12.6 Å². The molecule has 2 heterocycles. The number of nitrogens with one attached hydrogen (secondary N) is 1. The lowest BCUT2D eigenvalue weighted by molar-refractivity contribution is -0.127. The van der Waals surface area contributed by atoms with Crippen LogP contribution >= 0.6 is 0 Å². The predicted molar refractivity (Wildman–Crippen MR) is 95.1 cm³/mol. The number of rotatable bonds is 10. The first kappa shape index (κ1) is 19.3. The molecule has 2 amide bonds. The average molecular weight is 348 g/mol. The van der Waals surface area contributed by atoms with Crippen LogP contribution in [-0.2, 0) is 20.7 Å². The maximum atomic E-state index is 12.1. The van der Waals surface area contributed by atoms with Crippen molar-refractivity contribution in [3.05, 3.63) is 30.1 Å². The zero-order valence-corrected chi connectivity index (χ0v) is 15.1. The molecule has 138 valence electrons. The molecule has 7 heteroatoms. The third-order valence-corrected chi connectivity index (χ3v) is 4.34. The second kappa shape index (κ2) is 10.1. The number of hydrogen-bond acceptors (Lipinski definition) is 5. The normalized spacial score (nSPS) is 17.3. The Morgan fingerprint density at radius 1 is 1.44 bits per heavy atom. The maximum absolute atomic E-state index is 12.1. The van der Waals surface area contributed by atoms with Crippen LogP contribution in [0.25, 0.3) is 0 Å². The number of methoxy groups -OCH3 is 1. The molecule has 1 aromatic heterocycles. The number of carbonyl (C=O) groups excluding carboxylic acids is 2. The minimum absolute atomic E-state index is 0.0254. The Labute approximate surface area is 149 Å². The van der Waals surface area contributed by atoms with Gasteiger partial charge in [-0.05, 0) is 25.6 Å². The molecule has 0 aromatic carbocycles. The molecule has 0 radical (unpaired) electrons. The number of carbonyl (C=O) groups is 2. The van der Waals surface area contributed by atoms with E-state index in [1.165, 1.54) is 0 Å². The molecular formula is C18H28N4O3. The number of amides is 2. The number of likely N-dealkylation sites (N-methyl/N-ethyl adjacent to an activating group) is 1. The predicted octanol–water partition coefficient (Wildman–Crippen LogP) is 0.310. The van der Waals surface area contributed by atoms with Gasteiger partial charge in [0.2, 0.25) is 11.8 Å². The maximum Gasteiger partial charge on any atom is 0.224 e. The molecule has 25 heavy (non-hydrogen) atoms. The lowest BCUT2D eigenvalue weighted by Crippen LogP contribution is -2.39. The van der Waals surface area contributed by atoms with E-state index in [1.54, 1.807) is 13.3 Å². The Morgan fingerprint density at radius 3 is 3.00 bits per heavy atom. The molecule has 2 rings (SSSR count). The van der Waals surface area contributed by atoms with Crippen molar-refractivity contribution < 1.29 is 14.3 Å². The summed E-state index contributed by atoms with van der Waals surface area (Å²) in [6.07, 6.45) is 3.12. The molecule has 1 aliphatic heterocycles. The van der Waals surface area contributed by atoms with Crippen LogP contribution in [0.15, 0.2) is 24.4 Å². The Morgan fingerprint density at radius 2 is 2.28 bits per heavy atom. The number of ether oxygens (including phenoxy) is 1. The highest BCUT2D eigenvalue weighted by atomic mass is 16.5. The second-order valence-corrected chi connectivity index (χ2v) is 6.43. The van der Waals surface area contributed by atoms with E-state index < -0.39 is 0 Å². The van der Waals surface area contributed by atoms with Crippen LogP contribution in [0, 0.1) is 0 Å². The summed E-state index contributed by atoms with van der Waals surface area (Å²) in [6.45, 7) is 3.59. The summed E-state index contributed by atoms with van der Waals surface area (Å²) in [5, 5.41) is 2.97. The standard InChI is InChI=1S/C18H28N4O3/c1-21(11-12-25-2)9-10-22-14-16(13-18(22)24)20-17(23)7-6-15-5-3-4-8-19-15/h3-5,8,16H,6-7,9-14H2,1-2H3,(H,20,23). The molecule has 0 spiro atoms. The van der Waals surface area contributed by atoms with E-state index in [4.69, 9.17) is 4.74 Å².